The number of carbonyl (C=O) groups is 3. The molecule has 8 atom stereocenters. The van der Waals surface area contributed by atoms with E-state index < -0.39 is 51.1 Å². The Morgan fingerprint density at radius 1 is 1.10 bits per heavy atom. The Morgan fingerprint density at radius 3 is 2.33 bits per heavy atom. The van der Waals surface area contributed by atoms with Crippen molar-refractivity contribution in [3.63, 3.8) is 0 Å². The van der Waals surface area contributed by atoms with E-state index in [4.69, 9.17) is 17.2 Å². The molecule has 0 aromatic heterocycles. The second kappa shape index (κ2) is 8.33. The number of Topliss-reactive ketones (excluding diaryl/α,β-unsaturated/α-hetero) is 1. The van der Waals surface area contributed by atoms with Gasteiger partial charge in [0, 0.05) is 17.3 Å². The third-order valence-electron chi connectivity index (χ3n) is 12.6. The Hall–Kier alpha value is -2.36. The lowest BCUT2D eigenvalue weighted by atomic mass is 9.34. The summed E-state index contributed by atoms with van der Waals surface area (Å²) in [5.74, 6) is -2.37. The van der Waals surface area contributed by atoms with Crippen molar-refractivity contribution >= 4 is 17.5 Å². The van der Waals surface area contributed by atoms with Crippen LogP contribution in [0.4, 0.5) is 8.78 Å². The van der Waals surface area contributed by atoms with Crippen LogP contribution >= 0.6 is 0 Å². The maximum absolute atomic E-state index is 14.7. The molecule has 0 unspecified atom stereocenters. The van der Waals surface area contributed by atoms with Crippen molar-refractivity contribution < 1.29 is 33.8 Å². The van der Waals surface area contributed by atoms with Crippen molar-refractivity contribution in [1.29, 1.82) is 0 Å². The second-order valence-electron chi connectivity index (χ2n) is 14.7. The number of rotatable bonds is 2. The number of carbonyl (C=O) groups excluding carboxylic acids is 3. The first-order valence-corrected chi connectivity index (χ1v) is 14.3. The van der Waals surface area contributed by atoms with Crippen molar-refractivity contribution in [2.45, 2.75) is 92.9 Å². The van der Waals surface area contributed by atoms with Gasteiger partial charge in [0.25, 0.3) is 0 Å². The second-order valence-corrected chi connectivity index (χ2v) is 14.7. The maximum atomic E-state index is 14.7. The summed E-state index contributed by atoms with van der Waals surface area (Å²) in [7, 11) is 1.43. The number of halogens is 2. The maximum Gasteiger partial charge on any atom is 0.312 e. The predicted octanol–water partition coefficient (Wildman–Crippen LogP) is 7.47. The normalized spacial score (nSPS) is 46.9. The summed E-state index contributed by atoms with van der Waals surface area (Å²) < 4.78 is 54.7. The molecule has 7 heteroatoms. The first-order chi connectivity index (χ1) is 20.0. The van der Waals surface area contributed by atoms with Crippen LogP contribution in [0.3, 0.4) is 0 Å². The molecule has 5 nitrogen and oxygen atoms in total. The molecule has 39 heavy (non-hydrogen) atoms. The summed E-state index contributed by atoms with van der Waals surface area (Å²) in [5.41, 5.74) is -4.26. The third-order valence-corrected chi connectivity index (χ3v) is 12.6. The summed E-state index contributed by atoms with van der Waals surface area (Å²) in [4.78, 5) is 44.3. The van der Waals surface area contributed by atoms with Crippen LogP contribution in [-0.2, 0) is 19.1 Å². The SMILES string of the molecule is [3H][3H].[3H][3H].[C-]#[N+]C1=C[C@]2(C)C3=CC(=O)[C@@H]4[C@@H]5CC(C)(C)CC[C@]5(C(=O)OC)CC[C@@]4(C)[C@]3(C)CC[C@H]2[C@](C)(C(F)F)C1=O. The molecule has 5 aliphatic carbocycles. The van der Waals surface area contributed by atoms with Gasteiger partial charge in [-0.25, -0.2) is 13.6 Å². The molecule has 0 aromatic rings. The molecule has 0 N–H and O–H groups in total. The molecule has 5 rings (SSSR count). The van der Waals surface area contributed by atoms with Crippen LogP contribution in [0.5, 0.6) is 0 Å². The molecule has 3 saturated carbocycles. The van der Waals surface area contributed by atoms with Crippen LogP contribution in [-0.4, -0.2) is 31.1 Å². The monoisotopic (exact) mass is 553 g/mol. The van der Waals surface area contributed by atoms with Gasteiger partial charge in [-0.15, -0.1) is 0 Å². The number of fused-ring (bicyclic) bond motifs is 7. The number of ether oxygens (including phenoxy) is 1. The molecule has 216 valence electrons. The minimum Gasteiger partial charge on any atom is -0.469 e. The highest BCUT2D eigenvalue weighted by atomic mass is 19.3. The Labute approximate surface area is 236 Å². The molecule has 3 fully saturated rings. The summed E-state index contributed by atoms with van der Waals surface area (Å²) in [5, 5.41) is 0. The van der Waals surface area contributed by atoms with Gasteiger partial charge in [-0.3, -0.25) is 9.59 Å². The number of ketones is 2. The van der Waals surface area contributed by atoms with E-state index in [0.717, 1.165) is 18.4 Å². The van der Waals surface area contributed by atoms with E-state index in [1.165, 1.54) is 14.0 Å². The minimum absolute atomic E-state index is 0.0225. The quantitative estimate of drug-likeness (QED) is 0.263. The summed E-state index contributed by atoms with van der Waals surface area (Å²) in [6, 6.07) is 0. The van der Waals surface area contributed by atoms with Crippen molar-refractivity contribution in [2.24, 2.45) is 50.2 Å². The first kappa shape index (κ1) is 25.6. The molecule has 0 spiro atoms. The fraction of sp³-hybridized carbons (Fsp3) is 0.750. The zero-order valence-electron chi connectivity index (χ0n) is 28.2. The molecule has 0 saturated heterocycles. The standard InChI is InChI=1S/C32H41F2NO4.2H2/c1-27(2)11-13-32(26(38)39-8)14-12-30(5)23(18(32)16-27)20(36)15-22-28(3)17-19(35-7)24(37)31(6,25(33)34)21(28)9-10-29(22,30)4;;/h15,17-18,21,23,25H,9-14,16H2,1-6,8H3;2*1H/t18-,21+,23-,28-,29+,30+,31-,32-;;/m0../s1/i;2*1+2T. The van der Waals surface area contributed by atoms with Gasteiger partial charge in [-0.2, -0.15) is 0 Å². The third kappa shape index (κ3) is 3.29. The Balaban J connectivity index is 0.00000121. The highest BCUT2D eigenvalue weighted by molar-refractivity contribution is 6.03. The molecular weight excluding hydrogens is 500 g/mol. The van der Waals surface area contributed by atoms with Gasteiger partial charge in [-0.05, 0) is 86.0 Å². The lowest BCUT2D eigenvalue weighted by Crippen LogP contribution is -2.66. The fourth-order valence-corrected chi connectivity index (χ4v) is 10.2. The van der Waals surface area contributed by atoms with E-state index in [-0.39, 0.29) is 28.8 Å². The van der Waals surface area contributed by atoms with Gasteiger partial charge in [0.05, 0.1) is 24.5 Å². The number of esters is 1. The van der Waals surface area contributed by atoms with Gasteiger partial charge in [0.15, 0.2) is 11.6 Å². The first-order valence-electron chi connectivity index (χ1n) is 16.3. The van der Waals surface area contributed by atoms with Gasteiger partial charge < -0.3 is 9.53 Å². The van der Waals surface area contributed by atoms with E-state index in [9.17, 15) is 23.2 Å². The van der Waals surface area contributed by atoms with E-state index in [2.05, 4.69) is 32.5 Å². The topological polar surface area (TPSA) is 64.8 Å². The number of methoxy groups -OCH3 is 1. The lowest BCUT2D eigenvalue weighted by molar-refractivity contribution is -0.192. The van der Waals surface area contributed by atoms with Crippen LogP contribution in [0, 0.1) is 56.8 Å². The number of nitrogens with zero attached hydrogens (tertiary/aromatic N) is 1. The van der Waals surface area contributed by atoms with E-state index in [0.29, 0.717) is 32.1 Å². The summed E-state index contributed by atoms with van der Waals surface area (Å²) in [6.07, 6.45) is 4.89. The molecular formula is C32H45F2NO4. The minimum atomic E-state index is -2.92. The molecule has 0 amide bonds. The number of hydrogen-bond donors (Lipinski definition) is 0. The van der Waals surface area contributed by atoms with Crippen molar-refractivity contribution in [2.75, 3.05) is 7.11 Å². The average molecular weight is 554 g/mol. The molecule has 5 aliphatic rings. The Bertz CT molecular complexity index is 1280. The van der Waals surface area contributed by atoms with Crippen molar-refractivity contribution in [1.82, 2.24) is 0 Å². The lowest BCUT2D eigenvalue weighted by Gasteiger charge is -2.68. The van der Waals surface area contributed by atoms with E-state index in [1.54, 1.807) is 12.2 Å². The number of hydrogen-bond acceptors (Lipinski definition) is 4. The van der Waals surface area contributed by atoms with E-state index in [1.807, 2.05) is 6.92 Å². The van der Waals surface area contributed by atoms with E-state index >= 15 is 0 Å². The van der Waals surface area contributed by atoms with Gasteiger partial charge >= 0.3 is 5.97 Å². The number of alkyl halides is 2. The van der Waals surface area contributed by atoms with Crippen LogP contribution in [0.15, 0.2) is 23.4 Å². The Kier molecular flexibility index (Phi) is 5.47. The van der Waals surface area contributed by atoms with Gasteiger partial charge in [0.1, 0.15) is 0 Å². The summed E-state index contributed by atoms with van der Waals surface area (Å²) >= 11 is 0. The Morgan fingerprint density at radius 2 is 1.74 bits per heavy atom. The average Bonchev–Trinajstić information content (AvgIpc) is 2.97. The molecule has 0 aliphatic heterocycles. The molecule has 0 bridgehead atoms. The predicted molar refractivity (Wildman–Crippen MR) is 146 cm³/mol. The van der Waals surface area contributed by atoms with Crippen LogP contribution in [0.25, 0.3) is 4.85 Å². The highest BCUT2D eigenvalue weighted by Gasteiger charge is 2.72. The van der Waals surface area contributed by atoms with Crippen molar-refractivity contribution in [3.8, 4) is 0 Å². The zero-order chi connectivity index (χ0) is 33.0. The fourth-order valence-electron chi connectivity index (χ4n) is 10.2. The smallest absolute Gasteiger partial charge is 0.312 e. The highest BCUT2D eigenvalue weighted by Crippen LogP contribution is 2.75. The van der Waals surface area contributed by atoms with Crippen LogP contribution in [0.1, 0.15) is 92.4 Å². The van der Waals surface area contributed by atoms with Crippen LogP contribution in [0.2, 0.25) is 0 Å². The van der Waals surface area contributed by atoms with Gasteiger partial charge in [0.2, 0.25) is 12.1 Å². The van der Waals surface area contributed by atoms with Gasteiger partial charge in [-0.1, -0.05) is 46.3 Å². The molecule has 0 aromatic carbocycles. The molecule has 0 radical (unpaired) electrons. The zero-order valence-corrected chi connectivity index (χ0v) is 24.2. The molecule has 0 heterocycles. The number of allylic oxidation sites excluding steroid dienone is 4. The summed E-state index contributed by atoms with van der Waals surface area (Å²) in [6.45, 7) is 19.5. The van der Waals surface area contributed by atoms with Crippen LogP contribution < -0.4 is 0 Å². The largest absolute Gasteiger partial charge is 0.469 e. The van der Waals surface area contributed by atoms with Crippen molar-refractivity contribution in [3.05, 3.63) is 34.8 Å².